The highest BCUT2D eigenvalue weighted by Crippen LogP contribution is 2.30. The first-order chi connectivity index (χ1) is 13.4. The first-order valence-electron chi connectivity index (χ1n) is 8.45. The number of hydrogen-bond donors (Lipinski definition) is 2. The first-order valence-corrected chi connectivity index (χ1v) is 10.8. The first kappa shape index (κ1) is 18.7. The van der Waals surface area contributed by atoms with E-state index < -0.39 is 15.8 Å². The van der Waals surface area contributed by atoms with Crippen LogP contribution in [0.3, 0.4) is 0 Å². The molecule has 2 N–H and O–H groups in total. The van der Waals surface area contributed by atoms with Gasteiger partial charge in [0.25, 0.3) is 5.91 Å². The number of aromatic nitrogens is 3. The molecule has 4 rings (SSSR count). The predicted molar refractivity (Wildman–Crippen MR) is 101 cm³/mol. The summed E-state index contributed by atoms with van der Waals surface area (Å²) in [6.45, 7) is 0.597. The normalized spacial score (nSPS) is 17.7. The molecule has 28 heavy (non-hydrogen) atoms. The molecule has 1 amide bonds. The molecule has 0 aliphatic carbocycles. The van der Waals surface area contributed by atoms with Crippen LogP contribution in [0.15, 0.2) is 46.8 Å². The summed E-state index contributed by atoms with van der Waals surface area (Å²) in [5.74, 6) is -0.977. The summed E-state index contributed by atoms with van der Waals surface area (Å²) < 4.78 is 39.9. The van der Waals surface area contributed by atoms with Gasteiger partial charge in [0.2, 0.25) is 10.0 Å². The Morgan fingerprint density at radius 2 is 2.11 bits per heavy atom. The van der Waals surface area contributed by atoms with E-state index >= 15 is 0 Å². The molecule has 0 bridgehead atoms. The number of H-pyrrole nitrogens is 1. The number of thiazole rings is 1. The van der Waals surface area contributed by atoms with Gasteiger partial charge >= 0.3 is 0 Å². The van der Waals surface area contributed by atoms with Crippen molar-refractivity contribution < 1.29 is 17.6 Å². The average molecular weight is 421 g/mol. The Hall–Kier alpha value is -2.63. The number of carbonyl (C=O) groups is 1. The van der Waals surface area contributed by atoms with Gasteiger partial charge in [-0.05, 0) is 36.8 Å². The third-order valence-electron chi connectivity index (χ3n) is 4.53. The van der Waals surface area contributed by atoms with E-state index in [1.54, 1.807) is 17.6 Å². The van der Waals surface area contributed by atoms with Crippen molar-refractivity contribution in [1.82, 2.24) is 19.5 Å². The van der Waals surface area contributed by atoms with Crippen molar-refractivity contribution in [1.29, 1.82) is 0 Å². The van der Waals surface area contributed by atoms with E-state index in [2.05, 4.69) is 20.5 Å². The molecule has 8 nitrogen and oxygen atoms in total. The number of rotatable bonds is 5. The van der Waals surface area contributed by atoms with E-state index in [9.17, 15) is 17.6 Å². The molecule has 1 aromatic carbocycles. The zero-order valence-electron chi connectivity index (χ0n) is 14.5. The van der Waals surface area contributed by atoms with E-state index in [1.807, 2.05) is 0 Å². The van der Waals surface area contributed by atoms with E-state index in [0.717, 1.165) is 12.1 Å². The molecule has 0 unspecified atom stereocenters. The van der Waals surface area contributed by atoms with Crippen molar-refractivity contribution >= 4 is 32.4 Å². The Balaban J connectivity index is 1.45. The highest BCUT2D eigenvalue weighted by molar-refractivity contribution is 7.89. The third-order valence-corrected chi connectivity index (χ3v) is 7.09. The van der Waals surface area contributed by atoms with Crippen LogP contribution >= 0.6 is 11.3 Å². The van der Waals surface area contributed by atoms with E-state index in [4.69, 9.17) is 0 Å². The van der Waals surface area contributed by atoms with Crippen LogP contribution in [-0.2, 0) is 10.0 Å². The molecule has 0 radical (unpaired) electrons. The Kier molecular flexibility index (Phi) is 4.96. The standard InChI is InChI=1S/C17H16FN5O3S2/c18-12-1-3-13(4-2-12)28(25,26)23-7-5-11(10-23)14-9-15(22-21-14)16(24)20-17-19-6-8-27-17/h1-4,6,8-9,11H,5,7,10H2,(H,21,22)(H,19,20,24)/t11-/m0/s1. The van der Waals surface area contributed by atoms with Gasteiger partial charge in [-0.15, -0.1) is 11.3 Å². The number of hydrogen-bond acceptors (Lipinski definition) is 6. The summed E-state index contributed by atoms with van der Waals surface area (Å²) in [5.41, 5.74) is 0.908. The minimum Gasteiger partial charge on any atom is -0.296 e. The Morgan fingerprint density at radius 3 is 2.82 bits per heavy atom. The predicted octanol–water partition coefficient (Wildman–Crippen LogP) is 2.44. The zero-order valence-corrected chi connectivity index (χ0v) is 16.1. The molecule has 1 fully saturated rings. The van der Waals surface area contributed by atoms with Crippen molar-refractivity contribution in [2.75, 3.05) is 18.4 Å². The summed E-state index contributed by atoms with van der Waals surface area (Å²) in [6, 6.07) is 6.40. The van der Waals surface area contributed by atoms with Gasteiger partial charge in [0.05, 0.1) is 4.90 Å². The summed E-state index contributed by atoms with van der Waals surface area (Å²) in [6.07, 6.45) is 2.18. The monoisotopic (exact) mass is 421 g/mol. The SMILES string of the molecule is O=C(Nc1nccs1)c1cc([C@H]2CCN(S(=O)(=O)c3ccc(F)cc3)C2)[nH]n1. The van der Waals surface area contributed by atoms with E-state index in [1.165, 1.54) is 27.8 Å². The number of amides is 1. The van der Waals surface area contributed by atoms with Crippen LogP contribution in [0, 0.1) is 5.82 Å². The molecule has 11 heteroatoms. The average Bonchev–Trinajstić information content (AvgIpc) is 3.42. The molecule has 146 valence electrons. The lowest BCUT2D eigenvalue weighted by Crippen LogP contribution is -2.28. The molecular weight excluding hydrogens is 405 g/mol. The highest BCUT2D eigenvalue weighted by Gasteiger charge is 2.34. The summed E-state index contributed by atoms with van der Waals surface area (Å²) >= 11 is 1.30. The van der Waals surface area contributed by atoms with Gasteiger partial charge in [-0.2, -0.15) is 9.40 Å². The van der Waals surface area contributed by atoms with Gasteiger partial charge in [0, 0.05) is 36.3 Å². The second-order valence-corrected chi connectivity index (χ2v) is 9.13. The second kappa shape index (κ2) is 7.41. The number of aromatic amines is 1. The summed E-state index contributed by atoms with van der Waals surface area (Å²) in [4.78, 5) is 16.3. The molecule has 1 saturated heterocycles. The van der Waals surface area contributed by atoms with Crippen LogP contribution in [0.5, 0.6) is 0 Å². The fourth-order valence-electron chi connectivity index (χ4n) is 3.06. The number of nitrogens with one attached hydrogen (secondary N) is 2. The van der Waals surface area contributed by atoms with Gasteiger partial charge in [0.1, 0.15) is 5.82 Å². The maximum atomic E-state index is 13.1. The van der Waals surface area contributed by atoms with Crippen LogP contribution in [0.1, 0.15) is 28.5 Å². The number of carbonyl (C=O) groups excluding carboxylic acids is 1. The molecule has 1 atom stereocenters. The molecule has 2 aromatic heterocycles. The summed E-state index contributed by atoms with van der Waals surface area (Å²) in [5, 5.41) is 11.7. The fourth-order valence-corrected chi connectivity index (χ4v) is 5.09. The Bertz CT molecular complexity index is 1080. The lowest BCUT2D eigenvalue weighted by atomic mass is 10.1. The maximum absolute atomic E-state index is 13.1. The van der Waals surface area contributed by atoms with E-state index in [-0.39, 0.29) is 29.0 Å². The third kappa shape index (κ3) is 3.68. The Morgan fingerprint density at radius 1 is 1.32 bits per heavy atom. The molecule has 0 spiro atoms. The summed E-state index contributed by atoms with van der Waals surface area (Å²) in [7, 11) is -3.69. The molecule has 3 aromatic rings. The number of anilines is 1. The lowest BCUT2D eigenvalue weighted by Gasteiger charge is -2.16. The van der Waals surface area contributed by atoms with Crippen LogP contribution < -0.4 is 5.32 Å². The molecule has 1 aliphatic rings. The molecule has 1 aliphatic heterocycles. The lowest BCUT2D eigenvalue weighted by molar-refractivity contribution is 0.102. The quantitative estimate of drug-likeness (QED) is 0.658. The molecular formula is C17H16FN5O3S2. The van der Waals surface area contributed by atoms with Crippen molar-refractivity contribution in [2.24, 2.45) is 0 Å². The van der Waals surface area contributed by atoms with Crippen molar-refractivity contribution in [3.63, 3.8) is 0 Å². The second-order valence-electron chi connectivity index (χ2n) is 6.30. The van der Waals surface area contributed by atoms with Crippen molar-refractivity contribution in [2.45, 2.75) is 17.2 Å². The number of sulfonamides is 1. The van der Waals surface area contributed by atoms with Crippen LogP contribution in [-0.4, -0.2) is 46.9 Å². The van der Waals surface area contributed by atoms with Crippen LogP contribution in [0.4, 0.5) is 9.52 Å². The zero-order chi connectivity index (χ0) is 19.7. The van der Waals surface area contributed by atoms with Crippen LogP contribution in [0.25, 0.3) is 0 Å². The van der Waals surface area contributed by atoms with E-state index in [0.29, 0.717) is 23.8 Å². The minimum absolute atomic E-state index is 0.0580. The topological polar surface area (TPSA) is 108 Å². The number of nitrogens with zero attached hydrogens (tertiary/aromatic N) is 3. The number of benzene rings is 1. The highest BCUT2D eigenvalue weighted by atomic mass is 32.2. The van der Waals surface area contributed by atoms with Gasteiger partial charge < -0.3 is 0 Å². The maximum Gasteiger partial charge on any atom is 0.277 e. The van der Waals surface area contributed by atoms with Crippen molar-refractivity contribution in [3.8, 4) is 0 Å². The van der Waals surface area contributed by atoms with Gasteiger partial charge in [-0.1, -0.05) is 0 Å². The van der Waals surface area contributed by atoms with Gasteiger partial charge in [0.15, 0.2) is 10.8 Å². The molecule has 0 saturated carbocycles. The van der Waals surface area contributed by atoms with Crippen LogP contribution in [0.2, 0.25) is 0 Å². The fraction of sp³-hybridized carbons (Fsp3) is 0.235. The van der Waals surface area contributed by atoms with Gasteiger partial charge in [-0.25, -0.2) is 17.8 Å². The van der Waals surface area contributed by atoms with Crippen molar-refractivity contribution in [3.05, 3.63) is 59.1 Å². The smallest absolute Gasteiger partial charge is 0.277 e. The number of halogens is 1. The molecule has 3 heterocycles. The minimum atomic E-state index is -3.69. The van der Waals surface area contributed by atoms with Gasteiger partial charge in [-0.3, -0.25) is 15.2 Å². The Labute approximate surface area is 164 Å². The largest absolute Gasteiger partial charge is 0.296 e.